The van der Waals surface area contributed by atoms with Crippen LogP contribution >= 0.6 is 0 Å². The summed E-state index contributed by atoms with van der Waals surface area (Å²) in [6, 6.07) is 0.838. The van der Waals surface area contributed by atoms with Gasteiger partial charge in [0.25, 0.3) is 0 Å². The number of carbonyl (C=O) groups excluding carboxylic acids is 1. The van der Waals surface area contributed by atoms with Crippen LogP contribution in [0.1, 0.15) is 42.4 Å². The van der Waals surface area contributed by atoms with Gasteiger partial charge in [-0.15, -0.1) is 0 Å². The van der Waals surface area contributed by atoms with Gasteiger partial charge in [0, 0.05) is 5.92 Å². The van der Waals surface area contributed by atoms with Crippen molar-refractivity contribution in [3.63, 3.8) is 0 Å². The summed E-state index contributed by atoms with van der Waals surface area (Å²) in [5.41, 5.74) is 1.51. The summed E-state index contributed by atoms with van der Waals surface area (Å²) < 4.78 is 38.3. The molecule has 1 saturated carbocycles. The molecule has 0 aromatic carbocycles. The third-order valence-electron chi connectivity index (χ3n) is 2.92. The Morgan fingerprint density at radius 2 is 2.00 bits per heavy atom. The van der Waals surface area contributed by atoms with E-state index >= 15 is 0 Å². The highest BCUT2D eigenvalue weighted by atomic mass is 19.4. The van der Waals surface area contributed by atoms with Crippen LogP contribution in [0.15, 0.2) is 11.2 Å². The molecule has 1 fully saturated rings. The number of hydrogen-bond acceptors (Lipinski definition) is 4. The highest BCUT2D eigenvalue weighted by Gasteiger charge is 2.37. The van der Waals surface area contributed by atoms with Crippen molar-refractivity contribution in [2.45, 2.75) is 31.4 Å². The summed E-state index contributed by atoms with van der Waals surface area (Å²) in [6.07, 6.45) is -2.99. The smallest absolute Gasteiger partial charge is 0.273 e. The maximum Gasteiger partial charge on any atom is 0.433 e. The quantitative estimate of drug-likeness (QED) is 0.887. The van der Waals surface area contributed by atoms with Crippen molar-refractivity contribution < 1.29 is 18.0 Å². The number of aromatic nitrogens is 2. The van der Waals surface area contributed by atoms with Crippen molar-refractivity contribution in [2.24, 2.45) is 5.10 Å². The van der Waals surface area contributed by atoms with Crippen LogP contribution in [0.5, 0.6) is 0 Å². The van der Waals surface area contributed by atoms with Crippen molar-refractivity contribution in [1.82, 2.24) is 15.4 Å². The summed E-state index contributed by atoms with van der Waals surface area (Å²) in [4.78, 5) is 18.7. The lowest BCUT2D eigenvalue weighted by molar-refractivity contribution is -0.141. The van der Waals surface area contributed by atoms with E-state index in [4.69, 9.17) is 0 Å². The molecule has 0 radical (unpaired) electrons. The van der Waals surface area contributed by atoms with Gasteiger partial charge in [0.05, 0.1) is 17.8 Å². The average molecular weight is 270 g/mol. The predicted octanol–water partition coefficient (Wildman–Crippen LogP) is 1.60. The predicted molar refractivity (Wildman–Crippen MR) is 58.3 cm³/mol. The molecule has 1 aromatic heterocycles. The van der Waals surface area contributed by atoms with Gasteiger partial charge in [0.15, 0.2) is 0 Å². The molecule has 1 amide bonds. The number of alkyl halides is 3. The zero-order valence-corrected chi connectivity index (χ0v) is 9.66. The van der Waals surface area contributed by atoms with Crippen molar-refractivity contribution in [3.05, 3.63) is 23.3 Å². The third kappa shape index (κ3) is 2.42. The van der Waals surface area contributed by atoms with Gasteiger partial charge in [-0.1, -0.05) is 0 Å². The Labute approximate surface area is 105 Å². The first-order valence-electron chi connectivity index (χ1n) is 5.75. The molecule has 1 aliphatic heterocycles. The summed E-state index contributed by atoms with van der Waals surface area (Å²) in [7, 11) is 0. The monoisotopic (exact) mass is 270 g/mol. The molecule has 0 spiro atoms. The van der Waals surface area contributed by atoms with Crippen LogP contribution in [0, 0.1) is 0 Å². The molecule has 0 unspecified atom stereocenters. The number of nitrogens with zero attached hydrogens (tertiary/aromatic N) is 3. The van der Waals surface area contributed by atoms with Crippen LogP contribution in [-0.2, 0) is 11.0 Å². The second kappa shape index (κ2) is 4.01. The van der Waals surface area contributed by atoms with Gasteiger partial charge < -0.3 is 0 Å². The molecule has 1 N–H and O–H groups in total. The van der Waals surface area contributed by atoms with E-state index in [9.17, 15) is 18.0 Å². The Morgan fingerprint density at radius 3 is 2.53 bits per heavy atom. The summed E-state index contributed by atoms with van der Waals surface area (Å²) in [5, 5.41) is 3.69. The molecule has 1 aromatic rings. The minimum absolute atomic E-state index is 0.00767. The van der Waals surface area contributed by atoms with Crippen molar-refractivity contribution >= 4 is 11.6 Å². The topological polar surface area (TPSA) is 67.2 Å². The highest BCUT2D eigenvalue weighted by Crippen LogP contribution is 2.39. The Balaban J connectivity index is 2.03. The van der Waals surface area contributed by atoms with Gasteiger partial charge in [0.2, 0.25) is 5.91 Å². The number of nitrogens with one attached hydrogen (secondary N) is 1. The molecule has 8 heteroatoms. The molecule has 19 heavy (non-hydrogen) atoms. The van der Waals surface area contributed by atoms with E-state index in [1.165, 1.54) is 0 Å². The normalized spacial score (nSPS) is 19.3. The van der Waals surface area contributed by atoms with Crippen LogP contribution in [0.25, 0.3) is 0 Å². The second-order valence-electron chi connectivity index (χ2n) is 4.54. The minimum atomic E-state index is -4.53. The summed E-state index contributed by atoms with van der Waals surface area (Å²) in [6.45, 7) is 0. The molecule has 0 bridgehead atoms. The number of hydrazone groups is 1. The van der Waals surface area contributed by atoms with Gasteiger partial charge in [-0.05, 0) is 18.9 Å². The maximum absolute atomic E-state index is 12.8. The van der Waals surface area contributed by atoms with Gasteiger partial charge in [-0.25, -0.2) is 15.4 Å². The number of amides is 1. The fraction of sp³-hybridized carbons (Fsp3) is 0.455. The van der Waals surface area contributed by atoms with Gasteiger partial charge in [0.1, 0.15) is 11.5 Å². The number of carbonyl (C=O) groups is 1. The van der Waals surface area contributed by atoms with Gasteiger partial charge in [-0.2, -0.15) is 18.3 Å². The van der Waals surface area contributed by atoms with Crippen molar-refractivity contribution in [1.29, 1.82) is 0 Å². The zero-order valence-electron chi connectivity index (χ0n) is 9.66. The third-order valence-corrected chi connectivity index (χ3v) is 2.92. The lowest BCUT2D eigenvalue weighted by Gasteiger charge is -2.09. The average Bonchev–Trinajstić information content (AvgIpc) is 3.10. The minimum Gasteiger partial charge on any atom is -0.273 e. The van der Waals surface area contributed by atoms with Crippen LogP contribution in [0.3, 0.4) is 0 Å². The van der Waals surface area contributed by atoms with E-state index in [-0.39, 0.29) is 35.5 Å². The van der Waals surface area contributed by atoms with Crippen LogP contribution in [-0.4, -0.2) is 21.6 Å². The van der Waals surface area contributed by atoms with Gasteiger partial charge in [-0.3, -0.25) is 4.79 Å². The molecule has 1 aliphatic carbocycles. The highest BCUT2D eigenvalue weighted by molar-refractivity contribution is 6.12. The van der Waals surface area contributed by atoms with Crippen LogP contribution in [0.2, 0.25) is 0 Å². The first-order chi connectivity index (χ1) is 8.93. The first kappa shape index (κ1) is 12.1. The molecule has 5 nitrogen and oxygen atoms in total. The Bertz CT molecular complexity index is 578. The Kier molecular flexibility index (Phi) is 2.54. The maximum atomic E-state index is 12.8. The second-order valence-corrected chi connectivity index (χ2v) is 4.54. The molecular weight excluding hydrogens is 261 g/mol. The number of rotatable bonds is 2. The lowest BCUT2D eigenvalue weighted by atomic mass is 10.1. The van der Waals surface area contributed by atoms with E-state index in [2.05, 4.69) is 20.5 Å². The van der Waals surface area contributed by atoms with Crippen LogP contribution in [0.4, 0.5) is 13.2 Å². The summed E-state index contributed by atoms with van der Waals surface area (Å²) >= 11 is 0. The SMILES string of the molecule is O=C1CC(c2cc(C(F)(F)F)nc(C3CC3)n2)=NN1. The zero-order chi connectivity index (χ0) is 13.6. The first-order valence-corrected chi connectivity index (χ1v) is 5.75. The van der Waals surface area contributed by atoms with Gasteiger partial charge >= 0.3 is 6.18 Å². The molecule has 100 valence electrons. The Morgan fingerprint density at radius 1 is 1.26 bits per heavy atom. The van der Waals surface area contributed by atoms with Crippen molar-refractivity contribution in [3.8, 4) is 0 Å². The van der Waals surface area contributed by atoms with E-state index in [1.54, 1.807) is 0 Å². The number of hydrogen-bond donors (Lipinski definition) is 1. The summed E-state index contributed by atoms with van der Waals surface area (Å²) in [5.74, 6) is -0.172. The standard InChI is InChI=1S/C11H9F3N4O/c12-11(13,14)8-3-6(7-4-9(19)18-17-7)15-10(16-8)5-1-2-5/h3,5H,1-2,4H2,(H,18,19). The fourth-order valence-corrected chi connectivity index (χ4v) is 1.79. The molecule has 0 atom stereocenters. The van der Waals surface area contributed by atoms with E-state index in [0.29, 0.717) is 0 Å². The molecular formula is C11H9F3N4O. The lowest BCUT2D eigenvalue weighted by Crippen LogP contribution is -2.15. The van der Waals surface area contributed by atoms with Crippen molar-refractivity contribution in [2.75, 3.05) is 0 Å². The van der Waals surface area contributed by atoms with E-state index < -0.39 is 11.9 Å². The fourth-order valence-electron chi connectivity index (χ4n) is 1.79. The molecule has 2 heterocycles. The van der Waals surface area contributed by atoms with E-state index in [0.717, 1.165) is 18.9 Å². The molecule has 3 rings (SSSR count). The molecule has 2 aliphatic rings. The van der Waals surface area contributed by atoms with E-state index in [1.807, 2.05) is 0 Å². The van der Waals surface area contributed by atoms with Crippen LogP contribution < -0.4 is 5.43 Å². The largest absolute Gasteiger partial charge is 0.433 e. The Hall–Kier alpha value is -1.99. The molecule has 0 saturated heterocycles. The number of halogens is 3.